The maximum Gasteiger partial charge on any atom is 0.330 e. The van der Waals surface area contributed by atoms with Crippen LogP contribution in [0, 0.1) is 5.82 Å². The molecule has 8 heteroatoms. The van der Waals surface area contributed by atoms with E-state index in [-0.39, 0.29) is 11.3 Å². The predicted octanol–water partition coefficient (Wildman–Crippen LogP) is 2.85. The molecule has 0 bridgehead atoms. The van der Waals surface area contributed by atoms with Gasteiger partial charge in [0.25, 0.3) is 5.56 Å². The fraction of sp³-hybridized carbons (Fsp3) is 0.261. The van der Waals surface area contributed by atoms with Crippen molar-refractivity contribution in [1.29, 1.82) is 0 Å². The van der Waals surface area contributed by atoms with Crippen LogP contribution in [0.5, 0.6) is 0 Å². The molecule has 0 amide bonds. The lowest BCUT2D eigenvalue weighted by Gasteiger charge is -2.12. The summed E-state index contributed by atoms with van der Waals surface area (Å²) in [5.41, 5.74) is 8.14. The van der Waals surface area contributed by atoms with Crippen LogP contribution in [0.1, 0.15) is 30.3 Å². The summed E-state index contributed by atoms with van der Waals surface area (Å²) in [4.78, 5) is 32.2. The van der Waals surface area contributed by atoms with Gasteiger partial charge in [0.2, 0.25) is 0 Å². The van der Waals surface area contributed by atoms with Crippen molar-refractivity contribution in [3.05, 3.63) is 92.1 Å². The number of halogens is 1. The number of nitrogens with zero attached hydrogens (tertiary/aromatic N) is 3. The van der Waals surface area contributed by atoms with Crippen molar-refractivity contribution in [3.8, 4) is 0 Å². The molecule has 0 fully saturated rings. The first-order valence-corrected chi connectivity index (χ1v) is 10.3. The molecule has 0 saturated heterocycles. The molecule has 0 aliphatic rings. The number of rotatable bonds is 7. The monoisotopic (exact) mass is 421 g/mol. The van der Waals surface area contributed by atoms with E-state index >= 15 is 0 Å². The predicted molar refractivity (Wildman–Crippen MR) is 119 cm³/mol. The molecule has 160 valence electrons. The fourth-order valence-corrected chi connectivity index (χ4v) is 3.75. The van der Waals surface area contributed by atoms with Crippen molar-refractivity contribution >= 4 is 16.9 Å². The van der Waals surface area contributed by atoms with E-state index in [1.165, 1.54) is 12.1 Å². The Labute approximate surface area is 178 Å². The minimum atomic E-state index is -0.501. The van der Waals surface area contributed by atoms with Crippen LogP contribution in [0.2, 0.25) is 0 Å². The molecule has 0 spiro atoms. The number of imidazole rings is 1. The molecule has 3 N–H and O–H groups in total. The average Bonchev–Trinajstić information content (AvgIpc) is 3.10. The number of nitrogens with one attached hydrogen (secondary N) is 1. The quantitative estimate of drug-likeness (QED) is 0.448. The van der Waals surface area contributed by atoms with Gasteiger partial charge in [0, 0.05) is 25.2 Å². The van der Waals surface area contributed by atoms with Gasteiger partial charge in [-0.1, -0.05) is 31.2 Å². The van der Waals surface area contributed by atoms with Gasteiger partial charge in [-0.3, -0.25) is 14.3 Å². The Balaban J connectivity index is 1.79. The number of aromatic amines is 1. The van der Waals surface area contributed by atoms with E-state index in [0.717, 1.165) is 17.5 Å². The zero-order chi connectivity index (χ0) is 22.0. The Morgan fingerprint density at radius 3 is 2.32 bits per heavy atom. The van der Waals surface area contributed by atoms with Crippen LogP contribution in [0.25, 0.3) is 11.2 Å². The Bertz CT molecular complexity index is 1320. The molecule has 2 aromatic heterocycles. The molecule has 0 unspecified atom stereocenters. The van der Waals surface area contributed by atoms with Gasteiger partial charge in [-0.2, -0.15) is 0 Å². The number of hydrogen-bond donors (Lipinski definition) is 2. The molecule has 4 rings (SSSR count). The third kappa shape index (κ3) is 4.28. The van der Waals surface area contributed by atoms with Crippen LogP contribution in [0.4, 0.5) is 10.1 Å². The van der Waals surface area contributed by atoms with E-state index in [2.05, 4.69) is 9.97 Å². The second kappa shape index (κ2) is 8.59. The zero-order valence-corrected chi connectivity index (χ0v) is 17.3. The molecule has 7 nitrogen and oxygen atoms in total. The van der Waals surface area contributed by atoms with Crippen LogP contribution in [0.15, 0.2) is 58.1 Å². The Hall–Kier alpha value is -3.68. The smallest absolute Gasteiger partial charge is 0.330 e. The first-order valence-electron chi connectivity index (χ1n) is 10.3. The summed E-state index contributed by atoms with van der Waals surface area (Å²) in [6, 6.07) is 13.7. The molecule has 31 heavy (non-hydrogen) atoms. The van der Waals surface area contributed by atoms with Crippen molar-refractivity contribution in [3.63, 3.8) is 0 Å². The van der Waals surface area contributed by atoms with Gasteiger partial charge in [-0.05, 0) is 48.2 Å². The summed E-state index contributed by atoms with van der Waals surface area (Å²) in [6.45, 7) is 3.02. The third-order valence-electron chi connectivity index (χ3n) is 5.28. The summed E-state index contributed by atoms with van der Waals surface area (Å²) < 4.78 is 16.8. The maximum atomic E-state index is 13.3. The van der Waals surface area contributed by atoms with Crippen LogP contribution >= 0.6 is 0 Å². The highest BCUT2D eigenvalue weighted by Crippen LogP contribution is 2.17. The molecule has 2 heterocycles. The number of hydrogen-bond acceptors (Lipinski definition) is 4. The second-order valence-electron chi connectivity index (χ2n) is 7.56. The minimum absolute atomic E-state index is 0.238. The van der Waals surface area contributed by atoms with E-state index in [1.54, 1.807) is 16.7 Å². The Morgan fingerprint density at radius 2 is 1.65 bits per heavy atom. The van der Waals surface area contributed by atoms with Gasteiger partial charge in [-0.25, -0.2) is 14.2 Å². The average molecular weight is 421 g/mol. The molecular formula is C23H24FN5O2. The van der Waals surface area contributed by atoms with Gasteiger partial charge < -0.3 is 10.3 Å². The van der Waals surface area contributed by atoms with Crippen LogP contribution in [-0.2, 0) is 25.9 Å². The van der Waals surface area contributed by atoms with E-state index in [4.69, 9.17) is 5.73 Å². The van der Waals surface area contributed by atoms with E-state index in [0.29, 0.717) is 43.1 Å². The maximum absolute atomic E-state index is 13.3. The zero-order valence-electron chi connectivity index (χ0n) is 17.3. The molecule has 0 radical (unpaired) electrons. The van der Waals surface area contributed by atoms with Crippen molar-refractivity contribution in [2.75, 3.05) is 5.73 Å². The SMILES string of the molecule is CCCn1c(Cc2ccc(F)cc2)nc2c(=O)[nH]c(=O)n(CCc3ccc(N)cc3)c21. The number of benzene rings is 2. The molecule has 0 aliphatic carbocycles. The molecule has 0 saturated carbocycles. The highest BCUT2D eigenvalue weighted by Gasteiger charge is 2.18. The second-order valence-corrected chi connectivity index (χ2v) is 7.56. The number of anilines is 1. The standard InChI is InChI=1S/C23H24FN5O2/c1-2-12-28-19(14-16-3-7-17(24)8-4-16)26-20-21(30)27-23(31)29(22(20)28)13-11-15-5-9-18(25)10-6-15/h3-10H,2,11-14,25H2,1H3,(H,27,30,31). The molecule has 4 aromatic rings. The van der Waals surface area contributed by atoms with Gasteiger partial charge in [-0.15, -0.1) is 0 Å². The first kappa shape index (κ1) is 20.6. The van der Waals surface area contributed by atoms with Gasteiger partial charge >= 0.3 is 5.69 Å². The highest BCUT2D eigenvalue weighted by molar-refractivity contribution is 5.71. The number of aryl methyl sites for hydroxylation is 3. The molecule has 0 atom stereocenters. The third-order valence-corrected chi connectivity index (χ3v) is 5.28. The Morgan fingerprint density at radius 1 is 0.968 bits per heavy atom. The topological polar surface area (TPSA) is 98.7 Å². The van der Waals surface area contributed by atoms with E-state index in [9.17, 15) is 14.0 Å². The van der Waals surface area contributed by atoms with Crippen molar-refractivity contribution in [2.45, 2.75) is 39.3 Å². The number of aromatic nitrogens is 4. The van der Waals surface area contributed by atoms with Crippen LogP contribution < -0.4 is 17.0 Å². The normalized spacial score (nSPS) is 11.3. The number of fused-ring (bicyclic) bond motifs is 1. The number of nitrogen functional groups attached to an aromatic ring is 1. The Kier molecular flexibility index (Phi) is 5.70. The summed E-state index contributed by atoms with van der Waals surface area (Å²) in [5, 5.41) is 0. The molecule has 2 aromatic carbocycles. The van der Waals surface area contributed by atoms with Gasteiger partial charge in [0.05, 0.1) is 0 Å². The van der Waals surface area contributed by atoms with E-state index < -0.39 is 11.2 Å². The summed E-state index contributed by atoms with van der Waals surface area (Å²) in [6.07, 6.45) is 1.84. The van der Waals surface area contributed by atoms with Crippen molar-refractivity contribution in [1.82, 2.24) is 19.1 Å². The van der Waals surface area contributed by atoms with Crippen LogP contribution in [-0.4, -0.2) is 19.1 Å². The van der Waals surface area contributed by atoms with Gasteiger partial charge in [0.15, 0.2) is 5.52 Å². The minimum Gasteiger partial charge on any atom is -0.399 e. The highest BCUT2D eigenvalue weighted by atomic mass is 19.1. The summed E-state index contributed by atoms with van der Waals surface area (Å²) >= 11 is 0. The largest absolute Gasteiger partial charge is 0.399 e. The van der Waals surface area contributed by atoms with E-state index in [1.807, 2.05) is 35.8 Å². The lowest BCUT2D eigenvalue weighted by Crippen LogP contribution is -2.32. The van der Waals surface area contributed by atoms with Crippen molar-refractivity contribution in [2.24, 2.45) is 0 Å². The lowest BCUT2D eigenvalue weighted by atomic mass is 10.1. The lowest BCUT2D eigenvalue weighted by molar-refractivity contribution is 0.609. The molecule has 0 aliphatic heterocycles. The van der Waals surface area contributed by atoms with Gasteiger partial charge in [0.1, 0.15) is 17.3 Å². The van der Waals surface area contributed by atoms with Crippen LogP contribution in [0.3, 0.4) is 0 Å². The summed E-state index contributed by atoms with van der Waals surface area (Å²) in [7, 11) is 0. The fourth-order valence-electron chi connectivity index (χ4n) is 3.75. The first-order chi connectivity index (χ1) is 15.0. The number of nitrogens with two attached hydrogens (primary N) is 1. The molecular weight excluding hydrogens is 397 g/mol. The van der Waals surface area contributed by atoms with Crippen molar-refractivity contribution < 1.29 is 4.39 Å². The summed E-state index contributed by atoms with van der Waals surface area (Å²) in [5.74, 6) is 0.361. The number of H-pyrrole nitrogens is 1.